The summed E-state index contributed by atoms with van der Waals surface area (Å²) in [6, 6.07) is 10.0. The zero-order chi connectivity index (χ0) is 28.0. The molecule has 0 saturated carbocycles. The van der Waals surface area contributed by atoms with Gasteiger partial charge in [-0.2, -0.15) is 31.4 Å². The van der Waals surface area contributed by atoms with Crippen LogP contribution >= 0.6 is 23.2 Å². The van der Waals surface area contributed by atoms with Crippen molar-refractivity contribution in [3.8, 4) is 33.9 Å². The minimum Gasteiger partial charge on any atom is -0.506 e. The van der Waals surface area contributed by atoms with Crippen molar-refractivity contribution < 1.29 is 40.6 Å². The van der Waals surface area contributed by atoms with E-state index in [1.54, 1.807) is 12.1 Å². The van der Waals surface area contributed by atoms with Crippen LogP contribution in [0.3, 0.4) is 0 Å². The molecule has 3 aromatic carbocycles. The summed E-state index contributed by atoms with van der Waals surface area (Å²) < 4.78 is 102. The summed E-state index contributed by atoms with van der Waals surface area (Å²) in [6.07, 6.45) is -9.71. The molecule has 1 aromatic heterocycles. The van der Waals surface area contributed by atoms with Crippen molar-refractivity contribution in [2.45, 2.75) is 19.0 Å². The van der Waals surface area contributed by atoms with Crippen LogP contribution in [-0.4, -0.2) is 14.9 Å². The molecule has 13 heteroatoms. The van der Waals surface area contributed by atoms with E-state index in [2.05, 4.69) is 5.10 Å². The van der Waals surface area contributed by atoms with Gasteiger partial charge in [-0.05, 0) is 47.5 Å². The average molecular weight is 579 g/mol. The van der Waals surface area contributed by atoms with Crippen LogP contribution in [0, 0.1) is 5.82 Å². The van der Waals surface area contributed by atoms with Crippen molar-refractivity contribution in [1.82, 2.24) is 9.78 Å². The zero-order valence-corrected chi connectivity index (χ0v) is 20.6. The predicted molar refractivity (Wildman–Crippen MR) is 127 cm³/mol. The highest BCUT2D eigenvalue weighted by Gasteiger charge is 2.37. The van der Waals surface area contributed by atoms with E-state index >= 15 is 4.39 Å². The second-order valence-electron chi connectivity index (χ2n) is 8.10. The third kappa shape index (κ3) is 5.53. The first kappa shape index (κ1) is 27.6. The highest BCUT2D eigenvalue weighted by atomic mass is 35.5. The number of phenolic OH excluding ortho intramolecular Hbond substituents is 1. The Labute approximate surface area is 220 Å². The van der Waals surface area contributed by atoms with Gasteiger partial charge in [-0.15, -0.1) is 0 Å². The van der Waals surface area contributed by atoms with Gasteiger partial charge in [-0.25, -0.2) is 4.39 Å². The number of nitrogens with zero attached hydrogens (tertiary/aromatic N) is 2. The number of hydrogen-bond acceptors (Lipinski definition) is 3. The van der Waals surface area contributed by atoms with Gasteiger partial charge < -0.3 is 9.84 Å². The van der Waals surface area contributed by atoms with Gasteiger partial charge in [0.1, 0.15) is 18.1 Å². The van der Waals surface area contributed by atoms with Gasteiger partial charge in [-0.3, -0.25) is 4.68 Å². The highest BCUT2D eigenvalue weighted by Crippen LogP contribution is 2.48. The lowest BCUT2D eigenvalue weighted by Crippen LogP contribution is -2.11. The molecule has 0 spiro atoms. The fourth-order valence-electron chi connectivity index (χ4n) is 3.72. The molecule has 4 nitrogen and oxygen atoms in total. The quantitative estimate of drug-likeness (QED) is 0.241. The van der Waals surface area contributed by atoms with Crippen LogP contribution in [0.2, 0.25) is 10.0 Å². The first-order valence-corrected chi connectivity index (χ1v) is 11.3. The number of aromatic nitrogens is 2. The average Bonchev–Trinajstić information content (AvgIpc) is 3.22. The summed E-state index contributed by atoms with van der Waals surface area (Å²) in [7, 11) is 0.999. The molecule has 1 N–H and O–H groups in total. The van der Waals surface area contributed by atoms with Crippen molar-refractivity contribution in [1.29, 1.82) is 0 Å². The molecule has 200 valence electrons. The topological polar surface area (TPSA) is 47.3 Å². The van der Waals surface area contributed by atoms with Crippen LogP contribution in [0.1, 0.15) is 16.8 Å². The SMILES string of the molecule is Cn1nc(-c2cc(F)c(OCc3ccc(Cl)cc3)c(-c3ccc(Cl)c(C(F)(F)F)c3)c2O)cc1C(F)(F)F. The fraction of sp³-hybridized carbons (Fsp3) is 0.160. The van der Waals surface area contributed by atoms with Crippen LogP contribution in [0.15, 0.2) is 54.6 Å². The summed E-state index contributed by atoms with van der Waals surface area (Å²) in [5.41, 5.74) is -3.80. The van der Waals surface area contributed by atoms with Crippen molar-refractivity contribution in [2.75, 3.05) is 0 Å². The molecule has 1 heterocycles. The summed E-state index contributed by atoms with van der Waals surface area (Å²) in [5.74, 6) is -2.65. The molecular formula is C25H15Cl2F7N2O2. The van der Waals surface area contributed by atoms with Crippen LogP contribution in [0.25, 0.3) is 22.4 Å². The van der Waals surface area contributed by atoms with E-state index in [0.29, 0.717) is 33.5 Å². The van der Waals surface area contributed by atoms with E-state index in [1.165, 1.54) is 12.1 Å². The lowest BCUT2D eigenvalue weighted by molar-refractivity contribution is -0.143. The molecule has 4 aromatic rings. The summed E-state index contributed by atoms with van der Waals surface area (Å²) in [4.78, 5) is 0. The number of hydrogen-bond donors (Lipinski definition) is 1. The largest absolute Gasteiger partial charge is 0.506 e. The van der Waals surface area contributed by atoms with Crippen molar-refractivity contribution in [3.63, 3.8) is 0 Å². The molecule has 0 atom stereocenters. The van der Waals surface area contributed by atoms with Gasteiger partial charge in [0.15, 0.2) is 11.6 Å². The van der Waals surface area contributed by atoms with Gasteiger partial charge in [0.05, 0.1) is 21.8 Å². The molecular weight excluding hydrogens is 564 g/mol. The number of aryl methyl sites for hydroxylation is 1. The minimum absolute atomic E-state index is 0.276. The standard InChI is InChI=1S/C25H15Cl2F7N2O2/c1-36-20(25(32,33)34)10-19(35-36)15-9-18(28)23(38-11-12-2-5-14(26)6-3-12)21(22(15)37)13-4-7-17(27)16(8-13)24(29,30)31/h2-10,37H,11H2,1H3. The second kappa shape index (κ2) is 10.0. The number of ether oxygens (including phenoxy) is 1. The Hall–Kier alpha value is -3.44. The van der Waals surface area contributed by atoms with E-state index in [4.69, 9.17) is 27.9 Å². The molecule has 0 aliphatic carbocycles. The molecule has 0 fully saturated rings. The molecule has 4 rings (SSSR count). The number of phenols is 1. The van der Waals surface area contributed by atoms with E-state index in [9.17, 15) is 31.4 Å². The first-order valence-electron chi connectivity index (χ1n) is 10.6. The Morgan fingerprint density at radius 2 is 1.58 bits per heavy atom. The van der Waals surface area contributed by atoms with Crippen molar-refractivity contribution >= 4 is 23.2 Å². The first-order chi connectivity index (χ1) is 17.7. The Morgan fingerprint density at radius 3 is 2.16 bits per heavy atom. The van der Waals surface area contributed by atoms with Crippen LogP contribution in [0.4, 0.5) is 30.7 Å². The van der Waals surface area contributed by atoms with E-state index in [1.807, 2.05) is 0 Å². The van der Waals surface area contributed by atoms with Crippen LogP contribution in [-0.2, 0) is 26.0 Å². The lowest BCUT2D eigenvalue weighted by Gasteiger charge is -2.18. The Balaban J connectivity index is 1.92. The number of benzene rings is 3. The number of halogens is 9. The molecule has 0 bridgehead atoms. The van der Waals surface area contributed by atoms with Gasteiger partial charge >= 0.3 is 12.4 Å². The highest BCUT2D eigenvalue weighted by molar-refractivity contribution is 6.31. The molecule has 0 unspecified atom stereocenters. The van der Waals surface area contributed by atoms with Crippen molar-refractivity contribution in [2.24, 2.45) is 7.05 Å². The van der Waals surface area contributed by atoms with E-state index in [-0.39, 0.29) is 12.2 Å². The smallest absolute Gasteiger partial charge is 0.433 e. The molecule has 38 heavy (non-hydrogen) atoms. The van der Waals surface area contributed by atoms with Gasteiger partial charge in [0, 0.05) is 17.6 Å². The van der Waals surface area contributed by atoms with Crippen molar-refractivity contribution in [3.05, 3.63) is 87.3 Å². The third-order valence-electron chi connectivity index (χ3n) is 5.51. The second-order valence-corrected chi connectivity index (χ2v) is 8.95. The molecule has 0 aliphatic rings. The Morgan fingerprint density at radius 1 is 0.921 bits per heavy atom. The van der Waals surface area contributed by atoms with Gasteiger partial charge in [-0.1, -0.05) is 41.4 Å². The van der Waals surface area contributed by atoms with E-state index in [0.717, 1.165) is 19.2 Å². The van der Waals surface area contributed by atoms with E-state index < -0.39 is 62.8 Å². The monoisotopic (exact) mass is 578 g/mol. The third-order valence-corrected chi connectivity index (χ3v) is 6.09. The maximum atomic E-state index is 15.4. The Kier molecular flexibility index (Phi) is 7.28. The normalized spacial score (nSPS) is 12.2. The maximum absolute atomic E-state index is 15.4. The van der Waals surface area contributed by atoms with Crippen LogP contribution in [0.5, 0.6) is 11.5 Å². The maximum Gasteiger partial charge on any atom is 0.433 e. The van der Waals surface area contributed by atoms with Gasteiger partial charge in [0.25, 0.3) is 0 Å². The molecule has 0 saturated heterocycles. The zero-order valence-electron chi connectivity index (χ0n) is 19.1. The molecule has 0 radical (unpaired) electrons. The van der Waals surface area contributed by atoms with Crippen LogP contribution < -0.4 is 4.74 Å². The Bertz CT molecular complexity index is 1500. The lowest BCUT2D eigenvalue weighted by atomic mass is 9.96. The number of rotatable bonds is 5. The summed E-state index contributed by atoms with van der Waals surface area (Å²) >= 11 is 11.6. The van der Waals surface area contributed by atoms with Gasteiger partial charge in [0.2, 0.25) is 0 Å². The number of alkyl halides is 6. The predicted octanol–water partition coefficient (Wildman–Crippen LogP) is 8.52. The summed E-state index contributed by atoms with van der Waals surface area (Å²) in [6.45, 7) is -0.276. The minimum atomic E-state index is -4.90. The number of aromatic hydroxyl groups is 1. The molecule has 0 amide bonds. The fourth-order valence-corrected chi connectivity index (χ4v) is 4.08. The molecule has 0 aliphatic heterocycles. The summed E-state index contributed by atoms with van der Waals surface area (Å²) in [5, 5.41) is 14.6.